The fourth-order valence-electron chi connectivity index (χ4n) is 1.56. The second-order valence-electron chi connectivity index (χ2n) is 4.03. The van der Waals surface area contributed by atoms with Gasteiger partial charge in [-0.05, 0) is 32.0 Å². The van der Waals surface area contributed by atoms with Gasteiger partial charge in [0.05, 0.1) is 5.71 Å². The highest BCUT2D eigenvalue weighted by atomic mass is 35.5. The Kier molecular flexibility index (Phi) is 4.02. The zero-order valence-electron chi connectivity index (χ0n) is 10.6. The van der Waals surface area contributed by atoms with E-state index in [9.17, 15) is 4.79 Å². The molecule has 0 saturated heterocycles. The first kappa shape index (κ1) is 13.4. The van der Waals surface area contributed by atoms with Crippen molar-refractivity contribution >= 4 is 23.2 Å². The number of hydrogen-bond acceptors (Lipinski definition) is 3. The van der Waals surface area contributed by atoms with E-state index in [1.54, 1.807) is 32.0 Å². The molecule has 4 nitrogen and oxygen atoms in total. The Morgan fingerprint density at radius 1 is 1.26 bits per heavy atom. The summed E-state index contributed by atoms with van der Waals surface area (Å²) in [7, 11) is 0. The van der Waals surface area contributed by atoms with Gasteiger partial charge in [0, 0.05) is 10.6 Å². The highest BCUT2D eigenvalue weighted by Crippen LogP contribution is 2.15. The first-order valence-corrected chi connectivity index (χ1v) is 6.11. The van der Waals surface area contributed by atoms with E-state index in [2.05, 4.69) is 10.5 Å². The number of benzene rings is 1. The maximum Gasteiger partial charge on any atom is 0.307 e. The molecule has 1 aromatic heterocycles. The summed E-state index contributed by atoms with van der Waals surface area (Å²) in [4.78, 5) is 11.7. The van der Waals surface area contributed by atoms with Crippen molar-refractivity contribution in [3.05, 3.63) is 58.5 Å². The summed E-state index contributed by atoms with van der Waals surface area (Å²) >= 11 is 6.04. The number of rotatable bonds is 3. The van der Waals surface area contributed by atoms with Crippen LogP contribution in [0.25, 0.3) is 0 Å². The Morgan fingerprint density at radius 2 is 2.00 bits per heavy atom. The van der Waals surface area contributed by atoms with E-state index < -0.39 is 0 Å². The van der Waals surface area contributed by atoms with Crippen LogP contribution in [0.3, 0.4) is 0 Å². The molecule has 0 spiro atoms. The molecule has 0 fully saturated rings. The largest absolute Gasteiger partial charge is 0.456 e. The second-order valence-corrected chi connectivity index (χ2v) is 4.44. The van der Waals surface area contributed by atoms with Gasteiger partial charge in [-0.2, -0.15) is 5.10 Å². The number of carbonyl (C=O) groups excluding carboxylic acids is 1. The van der Waals surface area contributed by atoms with E-state index in [-0.39, 0.29) is 11.7 Å². The molecule has 0 radical (unpaired) electrons. The van der Waals surface area contributed by atoms with Crippen LogP contribution in [-0.4, -0.2) is 11.6 Å². The molecule has 0 aliphatic heterocycles. The van der Waals surface area contributed by atoms with Gasteiger partial charge in [-0.15, -0.1) is 0 Å². The molecule has 0 bridgehead atoms. The van der Waals surface area contributed by atoms with E-state index >= 15 is 0 Å². The number of nitrogens with zero attached hydrogens (tertiary/aromatic N) is 1. The molecule has 5 heteroatoms. The maximum atomic E-state index is 11.7. The molecule has 2 aromatic rings. The Morgan fingerprint density at radius 3 is 2.63 bits per heavy atom. The predicted molar refractivity (Wildman–Crippen MR) is 74.6 cm³/mol. The molecule has 0 aliphatic carbocycles. The summed E-state index contributed by atoms with van der Waals surface area (Å²) in [5, 5.41) is 4.60. The van der Waals surface area contributed by atoms with Gasteiger partial charge in [0.1, 0.15) is 5.76 Å². The number of aryl methyl sites for hydroxylation is 1. The topological polar surface area (TPSA) is 54.6 Å². The van der Waals surface area contributed by atoms with Gasteiger partial charge in [0.15, 0.2) is 5.76 Å². The fraction of sp³-hybridized carbons (Fsp3) is 0.143. The third-order valence-corrected chi connectivity index (χ3v) is 2.88. The van der Waals surface area contributed by atoms with Crippen molar-refractivity contribution in [1.82, 2.24) is 5.43 Å². The third kappa shape index (κ3) is 3.23. The molecule has 1 aromatic carbocycles. The van der Waals surface area contributed by atoms with Gasteiger partial charge in [-0.25, -0.2) is 5.43 Å². The van der Waals surface area contributed by atoms with Crippen LogP contribution in [0.4, 0.5) is 0 Å². The van der Waals surface area contributed by atoms with E-state index in [0.29, 0.717) is 16.5 Å². The van der Waals surface area contributed by atoms with E-state index in [1.807, 2.05) is 18.2 Å². The number of hydrogen-bond donors (Lipinski definition) is 1. The summed E-state index contributed by atoms with van der Waals surface area (Å²) in [6.45, 7) is 3.55. The summed E-state index contributed by atoms with van der Waals surface area (Å²) in [6, 6.07) is 10.6. The lowest BCUT2D eigenvalue weighted by Gasteiger charge is -2.03. The molecule has 1 heterocycles. The number of carbonyl (C=O) groups is 1. The zero-order chi connectivity index (χ0) is 13.8. The van der Waals surface area contributed by atoms with Gasteiger partial charge in [-0.1, -0.05) is 29.8 Å². The monoisotopic (exact) mass is 276 g/mol. The van der Waals surface area contributed by atoms with Crippen LogP contribution in [0.5, 0.6) is 0 Å². The average molecular weight is 277 g/mol. The number of hydrazone groups is 1. The molecule has 1 N–H and O–H groups in total. The van der Waals surface area contributed by atoms with Crippen LogP contribution < -0.4 is 5.43 Å². The molecule has 98 valence electrons. The van der Waals surface area contributed by atoms with Crippen molar-refractivity contribution in [2.45, 2.75) is 13.8 Å². The molecule has 0 aliphatic rings. The number of amides is 1. The Labute approximate surface area is 116 Å². The van der Waals surface area contributed by atoms with Crippen molar-refractivity contribution in [2.24, 2.45) is 5.10 Å². The Balaban J connectivity index is 2.11. The molecular weight excluding hydrogens is 264 g/mol. The van der Waals surface area contributed by atoms with E-state index in [1.165, 1.54) is 0 Å². The van der Waals surface area contributed by atoms with Gasteiger partial charge in [0.2, 0.25) is 0 Å². The maximum absolute atomic E-state index is 11.7. The van der Waals surface area contributed by atoms with Crippen LogP contribution >= 0.6 is 11.6 Å². The molecule has 0 unspecified atom stereocenters. The first-order chi connectivity index (χ1) is 9.08. The molecule has 0 saturated carbocycles. The van der Waals surface area contributed by atoms with Crippen LogP contribution in [-0.2, 0) is 0 Å². The summed E-state index contributed by atoms with van der Waals surface area (Å²) in [6.07, 6.45) is 0. The molecule has 19 heavy (non-hydrogen) atoms. The standard InChI is InChI=1S/C14H13ClN2O2/c1-9-7-8-13(19-9)14(18)17-16-10(2)11-5-3-4-6-12(11)15/h3-8H,1-2H3,(H,17,18). The molecular formula is C14H13ClN2O2. The van der Waals surface area contributed by atoms with Crippen LogP contribution in [0.2, 0.25) is 5.02 Å². The van der Waals surface area contributed by atoms with Gasteiger partial charge < -0.3 is 4.42 Å². The van der Waals surface area contributed by atoms with Crippen LogP contribution in [0.15, 0.2) is 45.9 Å². The lowest BCUT2D eigenvalue weighted by atomic mass is 10.1. The number of furan rings is 1. The first-order valence-electron chi connectivity index (χ1n) is 5.74. The normalized spacial score (nSPS) is 11.4. The highest BCUT2D eigenvalue weighted by molar-refractivity contribution is 6.34. The summed E-state index contributed by atoms with van der Waals surface area (Å²) < 4.78 is 5.20. The smallest absolute Gasteiger partial charge is 0.307 e. The van der Waals surface area contributed by atoms with Crippen LogP contribution in [0.1, 0.15) is 28.8 Å². The van der Waals surface area contributed by atoms with Crippen molar-refractivity contribution in [3.63, 3.8) is 0 Å². The van der Waals surface area contributed by atoms with Crippen molar-refractivity contribution in [1.29, 1.82) is 0 Å². The van der Waals surface area contributed by atoms with E-state index in [0.717, 1.165) is 5.56 Å². The zero-order valence-corrected chi connectivity index (χ0v) is 11.4. The second kappa shape index (κ2) is 5.71. The molecule has 2 rings (SSSR count). The minimum Gasteiger partial charge on any atom is -0.456 e. The summed E-state index contributed by atoms with van der Waals surface area (Å²) in [5.41, 5.74) is 3.84. The molecule has 1 amide bonds. The third-order valence-electron chi connectivity index (χ3n) is 2.55. The minimum atomic E-state index is -0.389. The van der Waals surface area contributed by atoms with Gasteiger partial charge in [0.25, 0.3) is 0 Å². The lowest BCUT2D eigenvalue weighted by molar-refractivity contribution is 0.0926. The predicted octanol–water partition coefficient (Wildman–Crippen LogP) is 3.40. The summed E-state index contributed by atoms with van der Waals surface area (Å²) in [5.74, 6) is 0.518. The number of nitrogens with one attached hydrogen (secondary N) is 1. The minimum absolute atomic E-state index is 0.230. The average Bonchev–Trinajstić information content (AvgIpc) is 2.83. The SMILES string of the molecule is CC(=NNC(=O)c1ccc(C)o1)c1ccccc1Cl. The van der Waals surface area contributed by atoms with Crippen molar-refractivity contribution < 1.29 is 9.21 Å². The van der Waals surface area contributed by atoms with Crippen molar-refractivity contribution in [2.75, 3.05) is 0 Å². The fourth-order valence-corrected chi connectivity index (χ4v) is 1.83. The van der Waals surface area contributed by atoms with Gasteiger partial charge in [-0.3, -0.25) is 4.79 Å². The highest BCUT2D eigenvalue weighted by Gasteiger charge is 2.09. The quantitative estimate of drug-likeness (QED) is 0.690. The molecule has 0 atom stereocenters. The lowest BCUT2D eigenvalue weighted by Crippen LogP contribution is -2.18. The van der Waals surface area contributed by atoms with Crippen molar-refractivity contribution in [3.8, 4) is 0 Å². The van der Waals surface area contributed by atoms with Gasteiger partial charge >= 0.3 is 5.91 Å². The number of halogens is 1. The van der Waals surface area contributed by atoms with E-state index in [4.69, 9.17) is 16.0 Å². The Bertz CT molecular complexity index is 632. The van der Waals surface area contributed by atoms with Crippen LogP contribution in [0, 0.1) is 6.92 Å². The Hall–Kier alpha value is -2.07.